The van der Waals surface area contributed by atoms with Gasteiger partial charge in [-0.1, -0.05) is 17.8 Å². The molecule has 0 aliphatic rings. The molecule has 0 aliphatic heterocycles. The maximum atomic E-state index is 11.6. The Labute approximate surface area is 122 Å². The number of amides is 1. The second-order valence-electron chi connectivity index (χ2n) is 3.19. The summed E-state index contributed by atoms with van der Waals surface area (Å²) in [5.41, 5.74) is 10.9. The predicted molar refractivity (Wildman–Crippen MR) is 83.8 cm³/mol. The number of hydrogen-bond donors (Lipinski definition) is 4. The molecule has 1 amide bonds. The highest BCUT2D eigenvalue weighted by atomic mass is 127. The van der Waals surface area contributed by atoms with Crippen molar-refractivity contribution in [2.45, 2.75) is 0 Å². The first kappa shape index (κ1) is 14.8. The van der Waals surface area contributed by atoms with E-state index in [1.54, 1.807) is 6.07 Å². The van der Waals surface area contributed by atoms with Gasteiger partial charge in [0.1, 0.15) is 0 Å². The summed E-state index contributed by atoms with van der Waals surface area (Å²) in [6.45, 7) is 0. The van der Waals surface area contributed by atoms with Gasteiger partial charge in [-0.05, 0) is 40.8 Å². The monoisotopic (exact) mass is 377 g/mol. The lowest BCUT2D eigenvalue weighted by Gasteiger charge is -2.04. The summed E-state index contributed by atoms with van der Waals surface area (Å²) in [6.07, 6.45) is 0. The van der Waals surface area contributed by atoms with E-state index in [1.807, 2.05) is 18.2 Å². The van der Waals surface area contributed by atoms with Crippen LogP contribution in [0.25, 0.3) is 0 Å². The third-order valence-electron chi connectivity index (χ3n) is 1.68. The highest BCUT2D eigenvalue weighted by Crippen LogP contribution is 2.13. The Hall–Kier alpha value is -1.29. The highest BCUT2D eigenvalue weighted by Gasteiger charge is 2.05. The maximum Gasteiger partial charge on any atom is 0.234 e. The molecule has 18 heavy (non-hydrogen) atoms. The van der Waals surface area contributed by atoms with E-state index in [0.29, 0.717) is 0 Å². The number of halogens is 1. The summed E-state index contributed by atoms with van der Waals surface area (Å²) < 4.78 is 1.03. The number of hydrogen-bond acceptors (Lipinski definition) is 3. The summed E-state index contributed by atoms with van der Waals surface area (Å²) in [4.78, 5) is 15.1. The average Bonchev–Trinajstić information content (AvgIpc) is 2.25. The molecule has 0 aliphatic carbocycles. The zero-order valence-corrected chi connectivity index (χ0v) is 12.3. The summed E-state index contributed by atoms with van der Waals surface area (Å²) in [5, 5.41) is 9.99. The Kier molecular flexibility index (Phi) is 5.92. The molecular weight excluding hydrogens is 365 g/mol. The lowest BCUT2D eigenvalue weighted by Crippen LogP contribution is -2.24. The van der Waals surface area contributed by atoms with Crippen LogP contribution in [0, 0.1) is 8.98 Å². The average molecular weight is 377 g/mol. The number of nitrogens with zero attached hydrogens (tertiary/aromatic N) is 1. The number of amidine groups is 1. The molecule has 0 saturated heterocycles. The molecule has 0 spiro atoms. The van der Waals surface area contributed by atoms with Crippen molar-refractivity contribution in [1.29, 1.82) is 5.41 Å². The van der Waals surface area contributed by atoms with Crippen LogP contribution >= 0.6 is 34.4 Å². The van der Waals surface area contributed by atoms with Crippen LogP contribution < -0.4 is 16.8 Å². The molecule has 0 fully saturated rings. The van der Waals surface area contributed by atoms with Gasteiger partial charge >= 0.3 is 0 Å². The Bertz CT molecular complexity index is 487. The molecule has 0 radical (unpaired) electrons. The standard InChI is InChI=1S/C10H12IN5OS/c11-6-2-1-3-7(4-6)15-8(17)5-18-10(14)16-9(12)13/h1-4H,5H2,(H,15,17)(H5,12,13,14,16). The van der Waals surface area contributed by atoms with E-state index in [2.05, 4.69) is 32.9 Å². The zero-order valence-electron chi connectivity index (χ0n) is 9.31. The summed E-state index contributed by atoms with van der Waals surface area (Å²) in [5.74, 6) is -0.316. The van der Waals surface area contributed by atoms with Crippen LogP contribution in [0.2, 0.25) is 0 Å². The number of carbonyl (C=O) groups is 1. The minimum atomic E-state index is -0.211. The molecule has 0 bridgehead atoms. The lowest BCUT2D eigenvalue weighted by molar-refractivity contribution is -0.113. The second-order valence-corrected chi connectivity index (χ2v) is 5.40. The number of thioether (sulfide) groups is 1. The lowest BCUT2D eigenvalue weighted by atomic mass is 10.3. The molecule has 0 unspecified atom stereocenters. The first-order chi connectivity index (χ1) is 8.47. The quantitative estimate of drug-likeness (QED) is 0.359. The van der Waals surface area contributed by atoms with Crippen LogP contribution in [0.3, 0.4) is 0 Å². The molecule has 0 saturated carbocycles. The number of nitrogens with two attached hydrogens (primary N) is 2. The van der Waals surface area contributed by atoms with Crippen LogP contribution in [0.4, 0.5) is 5.69 Å². The van der Waals surface area contributed by atoms with Crippen LogP contribution in [0.1, 0.15) is 0 Å². The van der Waals surface area contributed by atoms with E-state index in [4.69, 9.17) is 16.9 Å². The zero-order chi connectivity index (χ0) is 13.5. The first-order valence-corrected chi connectivity index (χ1v) is 6.90. The Morgan fingerprint density at radius 2 is 2.22 bits per heavy atom. The van der Waals surface area contributed by atoms with Gasteiger partial charge in [0.2, 0.25) is 5.91 Å². The number of aliphatic imine (C=N–C) groups is 1. The molecule has 8 heteroatoms. The highest BCUT2D eigenvalue weighted by molar-refractivity contribution is 14.1. The summed E-state index contributed by atoms with van der Waals surface area (Å²) in [7, 11) is 0. The smallest absolute Gasteiger partial charge is 0.234 e. The van der Waals surface area contributed by atoms with Gasteiger partial charge in [-0.2, -0.15) is 4.99 Å². The van der Waals surface area contributed by atoms with E-state index in [9.17, 15) is 4.79 Å². The molecule has 0 heterocycles. The van der Waals surface area contributed by atoms with E-state index in [0.717, 1.165) is 21.0 Å². The largest absolute Gasteiger partial charge is 0.370 e. The van der Waals surface area contributed by atoms with Crippen molar-refractivity contribution in [1.82, 2.24) is 0 Å². The number of benzene rings is 1. The Morgan fingerprint density at radius 3 is 2.83 bits per heavy atom. The van der Waals surface area contributed by atoms with Crippen molar-refractivity contribution >= 4 is 57.1 Å². The number of rotatable bonds is 3. The molecule has 1 rings (SSSR count). The first-order valence-electron chi connectivity index (χ1n) is 4.84. The van der Waals surface area contributed by atoms with Crippen molar-refractivity contribution < 1.29 is 4.79 Å². The normalized spacial score (nSPS) is 9.61. The molecule has 1 aromatic rings. The van der Waals surface area contributed by atoms with Crippen LogP contribution in [-0.2, 0) is 4.79 Å². The molecule has 6 N–H and O–H groups in total. The van der Waals surface area contributed by atoms with Gasteiger partial charge in [0.25, 0.3) is 0 Å². The summed E-state index contributed by atoms with van der Waals surface area (Å²) >= 11 is 3.12. The molecular formula is C10H12IN5OS. The number of guanidine groups is 1. The van der Waals surface area contributed by atoms with Crippen molar-refractivity contribution in [2.75, 3.05) is 11.1 Å². The van der Waals surface area contributed by atoms with Crippen molar-refractivity contribution in [3.8, 4) is 0 Å². The predicted octanol–water partition coefficient (Wildman–Crippen LogP) is 1.17. The van der Waals surface area contributed by atoms with E-state index >= 15 is 0 Å². The molecule has 6 nitrogen and oxygen atoms in total. The summed E-state index contributed by atoms with van der Waals surface area (Å²) in [6, 6.07) is 7.43. The van der Waals surface area contributed by atoms with Crippen molar-refractivity contribution in [2.24, 2.45) is 16.5 Å². The maximum absolute atomic E-state index is 11.6. The minimum absolute atomic E-state index is 0.0844. The van der Waals surface area contributed by atoms with E-state index in [1.165, 1.54) is 0 Å². The molecule has 96 valence electrons. The van der Waals surface area contributed by atoms with Gasteiger partial charge in [0, 0.05) is 9.26 Å². The number of nitrogens with one attached hydrogen (secondary N) is 2. The molecule has 0 atom stereocenters. The van der Waals surface area contributed by atoms with E-state index < -0.39 is 0 Å². The Balaban J connectivity index is 2.43. The van der Waals surface area contributed by atoms with Crippen LogP contribution in [-0.4, -0.2) is 22.8 Å². The fourth-order valence-electron chi connectivity index (χ4n) is 1.05. The van der Waals surface area contributed by atoms with Crippen LogP contribution in [0.15, 0.2) is 29.3 Å². The second kappa shape index (κ2) is 7.21. The SMILES string of the molecule is N=C(N=C(N)N)SCC(=O)Nc1cccc(I)c1. The molecule has 0 aromatic heterocycles. The van der Waals surface area contributed by atoms with Gasteiger partial charge in [0.05, 0.1) is 5.75 Å². The van der Waals surface area contributed by atoms with Crippen molar-refractivity contribution in [3.05, 3.63) is 27.8 Å². The van der Waals surface area contributed by atoms with Crippen LogP contribution in [0.5, 0.6) is 0 Å². The Morgan fingerprint density at radius 1 is 1.50 bits per heavy atom. The fourth-order valence-corrected chi connectivity index (χ4v) is 2.10. The third-order valence-corrected chi connectivity index (χ3v) is 3.12. The van der Waals surface area contributed by atoms with Gasteiger partial charge in [-0.3, -0.25) is 10.2 Å². The van der Waals surface area contributed by atoms with E-state index in [-0.39, 0.29) is 22.8 Å². The van der Waals surface area contributed by atoms with Gasteiger partial charge in [-0.15, -0.1) is 0 Å². The van der Waals surface area contributed by atoms with Gasteiger partial charge in [-0.25, -0.2) is 0 Å². The minimum Gasteiger partial charge on any atom is -0.370 e. The van der Waals surface area contributed by atoms with Gasteiger partial charge < -0.3 is 16.8 Å². The fraction of sp³-hybridized carbons (Fsp3) is 0.100. The third kappa shape index (κ3) is 5.87. The molecule has 1 aromatic carbocycles. The number of carbonyl (C=O) groups excluding carboxylic acids is 1. The van der Waals surface area contributed by atoms with Crippen molar-refractivity contribution in [3.63, 3.8) is 0 Å². The topological polar surface area (TPSA) is 117 Å². The number of anilines is 1. The van der Waals surface area contributed by atoms with Gasteiger partial charge in [0.15, 0.2) is 11.1 Å².